The molecule has 2 aromatic heterocycles. The van der Waals surface area contributed by atoms with Crippen molar-refractivity contribution in [3.05, 3.63) is 54.6 Å². The number of aromatic nitrogens is 3. The fraction of sp³-hybridized carbons (Fsp3) is 0.211. The molecule has 6 nitrogen and oxygen atoms in total. The molecule has 25 heavy (non-hydrogen) atoms. The molecule has 1 amide bonds. The molecule has 0 saturated heterocycles. The van der Waals surface area contributed by atoms with E-state index in [0.29, 0.717) is 6.42 Å². The number of benzene rings is 1. The first-order valence-electron chi connectivity index (χ1n) is 8.25. The third kappa shape index (κ3) is 2.98. The van der Waals surface area contributed by atoms with Crippen molar-refractivity contribution in [2.75, 3.05) is 0 Å². The van der Waals surface area contributed by atoms with Crippen molar-refractivity contribution in [3.8, 4) is 11.1 Å². The van der Waals surface area contributed by atoms with E-state index < -0.39 is 6.09 Å². The van der Waals surface area contributed by atoms with E-state index in [1.54, 1.807) is 6.33 Å². The zero-order valence-corrected chi connectivity index (χ0v) is 13.6. The van der Waals surface area contributed by atoms with Crippen molar-refractivity contribution >= 4 is 22.7 Å². The lowest BCUT2D eigenvalue weighted by atomic mass is 9.92. The zero-order valence-electron chi connectivity index (χ0n) is 13.6. The van der Waals surface area contributed by atoms with E-state index in [1.807, 2.05) is 24.4 Å². The number of carbonyl (C=O) groups is 1. The average Bonchev–Trinajstić information content (AvgIpc) is 3.06. The summed E-state index contributed by atoms with van der Waals surface area (Å²) in [5, 5.41) is 0.986. The fourth-order valence-corrected chi connectivity index (χ4v) is 3.38. The van der Waals surface area contributed by atoms with Gasteiger partial charge in [-0.15, -0.1) is 0 Å². The average molecular weight is 334 g/mol. The molecule has 2 heterocycles. The second-order valence-electron chi connectivity index (χ2n) is 6.08. The maximum absolute atomic E-state index is 11.1. The monoisotopic (exact) mass is 334 g/mol. The lowest BCUT2D eigenvalue weighted by molar-refractivity contribution is 0.102. The number of fused-ring (bicyclic) bond motifs is 1. The summed E-state index contributed by atoms with van der Waals surface area (Å²) in [6.45, 7) is 0. The van der Waals surface area contributed by atoms with Crippen LogP contribution in [-0.4, -0.2) is 27.1 Å². The molecule has 0 radical (unpaired) electrons. The maximum atomic E-state index is 11.1. The molecule has 0 spiro atoms. The van der Waals surface area contributed by atoms with Crippen molar-refractivity contribution < 1.29 is 9.53 Å². The maximum Gasteiger partial charge on any atom is 0.404 e. The van der Waals surface area contributed by atoms with Crippen LogP contribution in [0.25, 0.3) is 27.7 Å². The Hall–Kier alpha value is -3.15. The highest BCUT2D eigenvalue weighted by atomic mass is 16.6. The fourth-order valence-electron chi connectivity index (χ4n) is 3.38. The number of carbonyl (C=O) groups excluding carboxylic acids is 1. The summed E-state index contributed by atoms with van der Waals surface area (Å²) in [4.78, 5) is 23.2. The van der Waals surface area contributed by atoms with Gasteiger partial charge in [0, 0.05) is 18.2 Å². The highest BCUT2D eigenvalue weighted by Gasteiger charge is 2.23. The van der Waals surface area contributed by atoms with E-state index in [4.69, 9.17) is 10.5 Å². The summed E-state index contributed by atoms with van der Waals surface area (Å²) < 4.78 is 5.20. The standard InChI is InChI=1S/C19H18N4O2/c20-19(24)25-14-8-4-7-13(9-14)17-16-15(12-5-2-1-3-6-12)10-21-18(16)23-11-22-17/h1-3,5-7,10-11,14H,4,8-9H2,(H2,20,24)(H,21,22,23). The molecule has 3 N–H and O–H groups in total. The van der Waals surface area contributed by atoms with Gasteiger partial charge in [-0.2, -0.15) is 0 Å². The number of amides is 1. The number of H-pyrrole nitrogens is 1. The van der Waals surface area contributed by atoms with Gasteiger partial charge >= 0.3 is 6.09 Å². The molecule has 3 aromatic rings. The van der Waals surface area contributed by atoms with Crippen LogP contribution < -0.4 is 5.73 Å². The number of nitrogens with two attached hydrogens (primary N) is 1. The van der Waals surface area contributed by atoms with Gasteiger partial charge in [0.2, 0.25) is 0 Å². The second kappa shape index (κ2) is 6.39. The first-order valence-corrected chi connectivity index (χ1v) is 8.25. The minimum Gasteiger partial charge on any atom is -0.446 e. The van der Waals surface area contributed by atoms with Gasteiger partial charge in [-0.3, -0.25) is 0 Å². The topological polar surface area (TPSA) is 93.9 Å². The Bertz CT molecular complexity index is 946. The van der Waals surface area contributed by atoms with E-state index in [0.717, 1.165) is 46.3 Å². The van der Waals surface area contributed by atoms with Gasteiger partial charge in [0.1, 0.15) is 18.1 Å². The normalized spacial score (nSPS) is 17.3. The third-order valence-corrected chi connectivity index (χ3v) is 4.47. The molecule has 126 valence electrons. The first kappa shape index (κ1) is 15.4. The van der Waals surface area contributed by atoms with Gasteiger partial charge in [0.15, 0.2) is 0 Å². The van der Waals surface area contributed by atoms with Crippen LogP contribution in [0.15, 0.2) is 48.9 Å². The number of aromatic amines is 1. The van der Waals surface area contributed by atoms with Gasteiger partial charge in [0.05, 0.1) is 11.1 Å². The summed E-state index contributed by atoms with van der Waals surface area (Å²) in [6, 6.07) is 10.1. The molecule has 0 fully saturated rings. The van der Waals surface area contributed by atoms with Crippen LogP contribution in [0.4, 0.5) is 4.79 Å². The van der Waals surface area contributed by atoms with Gasteiger partial charge in [-0.25, -0.2) is 14.8 Å². The zero-order chi connectivity index (χ0) is 17.2. The summed E-state index contributed by atoms with van der Waals surface area (Å²) in [6.07, 6.45) is 6.94. The smallest absolute Gasteiger partial charge is 0.404 e. The van der Waals surface area contributed by atoms with E-state index in [-0.39, 0.29) is 6.10 Å². The number of nitrogens with zero attached hydrogens (tertiary/aromatic N) is 2. The molecule has 0 aliphatic heterocycles. The Morgan fingerprint density at radius 1 is 1.24 bits per heavy atom. The number of allylic oxidation sites excluding steroid dienone is 1. The first-order chi connectivity index (χ1) is 12.2. The number of primary amides is 1. The molecule has 1 aliphatic rings. The predicted molar refractivity (Wildman–Crippen MR) is 95.6 cm³/mol. The van der Waals surface area contributed by atoms with E-state index in [9.17, 15) is 4.79 Å². The van der Waals surface area contributed by atoms with Crippen LogP contribution in [0.3, 0.4) is 0 Å². The van der Waals surface area contributed by atoms with Crippen molar-refractivity contribution in [1.82, 2.24) is 15.0 Å². The van der Waals surface area contributed by atoms with Gasteiger partial charge in [-0.05, 0) is 24.0 Å². The van der Waals surface area contributed by atoms with Crippen LogP contribution >= 0.6 is 0 Å². The summed E-state index contributed by atoms with van der Waals surface area (Å²) in [7, 11) is 0. The van der Waals surface area contributed by atoms with Crippen molar-refractivity contribution in [2.24, 2.45) is 5.73 Å². The van der Waals surface area contributed by atoms with Crippen molar-refractivity contribution in [3.63, 3.8) is 0 Å². The SMILES string of the molecule is NC(=O)OC1CCC=C(c2ncnc3[nH]cc(-c4ccccc4)c23)C1. The number of hydrogen-bond donors (Lipinski definition) is 2. The van der Waals surface area contributed by atoms with Crippen molar-refractivity contribution in [1.29, 1.82) is 0 Å². The van der Waals surface area contributed by atoms with Gasteiger partial charge in [0.25, 0.3) is 0 Å². The highest BCUT2D eigenvalue weighted by molar-refractivity contribution is 6.00. The Morgan fingerprint density at radius 2 is 2.08 bits per heavy atom. The minimum absolute atomic E-state index is 0.207. The van der Waals surface area contributed by atoms with Crippen LogP contribution in [0.1, 0.15) is 25.0 Å². The summed E-state index contributed by atoms with van der Waals surface area (Å²) >= 11 is 0. The van der Waals surface area contributed by atoms with Crippen LogP contribution in [0, 0.1) is 0 Å². The lowest BCUT2D eigenvalue weighted by Gasteiger charge is -2.22. The molecule has 0 bridgehead atoms. The van der Waals surface area contributed by atoms with E-state index >= 15 is 0 Å². The van der Waals surface area contributed by atoms with Gasteiger partial charge < -0.3 is 15.5 Å². The lowest BCUT2D eigenvalue weighted by Crippen LogP contribution is -2.24. The quantitative estimate of drug-likeness (QED) is 0.764. The van der Waals surface area contributed by atoms with E-state index in [2.05, 4.69) is 33.2 Å². The number of hydrogen-bond acceptors (Lipinski definition) is 4. The molecular weight excluding hydrogens is 316 g/mol. The Balaban J connectivity index is 1.79. The number of ether oxygens (including phenoxy) is 1. The number of rotatable bonds is 3. The second-order valence-corrected chi connectivity index (χ2v) is 6.08. The molecule has 1 atom stereocenters. The number of nitrogens with one attached hydrogen (secondary N) is 1. The largest absolute Gasteiger partial charge is 0.446 e. The van der Waals surface area contributed by atoms with Crippen LogP contribution in [-0.2, 0) is 4.74 Å². The van der Waals surface area contributed by atoms with Crippen molar-refractivity contribution in [2.45, 2.75) is 25.4 Å². The highest BCUT2D eigenvalue weighted by Crippen LogP contribution is 2.36. The molecule has 1 unspecified atom stereocenters. The van der Waals surface area contributed by atoms with Gasteiger partial charge in [-0.1, -0.05) is 36.4 Å². The Kier molecular flexibility index (Phi) is 3.93. The summed E-state index contributed by atoms with van der Waals surface area (Å²) in [5.41, 5.74) is 10.1. The summed E-state index contributed by atoms with van der Waals surface area (Å²) in [5.74, 6) is 0. The third-order valence-electron chi connectivity index (χ3n) is 4.47. The Labute approximate surface area is 144 Å². The molecule has 1 aromatic carbocycles. The van der Waals surface area contributed by atoms with Crippen LogP contribution in [0.5, 0.6) is 0 Å². The van der Waals surface area contributed by atoms with Crippen LogP contribution in [0.2, 0.25) is 0 Å². The predicted octanol–water partition coefficient (Wildman–Crippen LogP) is 3.66. The molecule has 1 aliphatic carbocycles. The molecule has 6 heteroatoms. The molecule has 0 saturated carbocycles. The Morgan fingerprint density at radius 3 is 2.88 bits per heavy atom. The van der Waals surface area contributed by atoms with E-state index in [1.165, 1.54) is 0 Å². The minimum atomic E-state index is -0.731. The molecular formula is C19H18N4O2. The molecule has 4 rings (SSSR count).